The van der Waals surface area contributed by atoms with Gasteiger partial charge in [-0.2, -0.15) is 13.2 Å². The second-order valence-corrected chi connectivity index (χ2v) is 4.18. The van der Waals surface area contributed by atoms with Gasteiger partial charge in [0.25, 0.3) is 0 Å². The predicted molar refractivity (Wildman–Crippen MR) is 51.3 cm³/mol. The highest BCUT2D eigenvalue weighted by molar-refractivity contribution is 5.83. The van der Waals surface area contributed by atoms with Gasteiger partial charge in [0.2, 0.25) is 5.91 Å². The Labute approximate surface area is 95.4 Å². The van der Waals surface area contributed by atoms with E-state index in [0.29, 0.717) is 0 Å². The molecular weight excluding hydrogens is 241 g/mol. The number of nitrogens with one attached hydrogen (secondary N) is 2. The number of carbonyl (C=O) groups excluding carboxylic acids is 1. The van der Waals surface area contributed by atoms with E-state index in [4.69, 9.17) is 9.90 Å². The van der Waals surface area contributed by atoms with Crippen LogP contribution in [-0.2, 0) is 9.59 Å². The van der Waals surface area contributed by atoms with Crippen LogP contribution < -0.4 is 10.6 Å². The summed E-state index contributed by atoms with van der Waals surface area (Å²) in [6.45, 7) is 2.85. The monoisotopic (exact) mass is 254 g/mol. The van der Waals surface area contributed by atoms with Crippen LogP contribution in [0.15, 0.2) is 0 Å². The lowest BCUT2D eigenvalue weighted by Crippen LogP contribution is -2.58. The molecule has 1 spiro atoms. The number of carboxylic acids is 1. The standard InChI is InChI=1S/C7H12N2O.C2HF3O2/c1-5-6(10)9-7(2-3-7)4-8-5;3-2(4,5)1(6)7/h5,8H,2-4H2,1H3,(H,9,10);(H,6,7). The van der Waals surface area contributed by atoms with Gasteiger partial charge >= 0.3 is 12.1 Å². The zero-order valence-electron chi connectivity index (χ0n) is 9.10. The van der Waals surface area contributed by atoms with Crippen LogP contribution in [0.3, 0.4) is 0 Å². The number of carboxylic acid groups (broad SMARTS) is 1. The van der Waals surface area contributed by atoms with Crippen molar-refractivity contribution >= 4 is 11.9 Å². The van der Waals surface area contributed by atoms with E-state index in [1.54, 1.807) is 0 Å². The number of amides is 1. The number of hydrogen-bond acceptors (Lipinski definition) is 3. The van der Waals surface area contributed by atoms with Crippen molar-refractivity contribution < 1.29 is 27.9 Å². The zero-order valence-corrected chi connectivity index (χ0v) is 9.10. The fourth-order valence-corrected chi connectivity index (χ4v) is 1.31. The first-order valence-electron chi connectivity index (χ1n) is 5.02. The molecule has 98 valence electrons. The summed E-state index contributed by atoms with van der Waals surface area (Å²) in [6.07, 6.45) is -2.78. The molecule has 1 heterocycles. The lowest BCUT2D eigenvalue weighted by molar-refractivity contribution is -0.192. The quantitative estimate of drug-likeness (QED) is 0.579. The molecule has 8 heteroatoms. The van der Waals surface area contributed by atoms with E-state index in [2.05, 4.69) is 10.6 Å². The van der Waals surface area contributed by atoms with E-state index in [9.17, 15) is 18.0 Å². The summed E-state index contributed by atoms with van der Waals surface area (Å²) in [4.78, 5) is 20.0. The van der Waals surface area contributed by atoms with Crippen LogP contribution in [0, 0.1) is 0 Å². The first-order chi connectivity index (χ1) is 7.66. The van der Waals surface area contributed by atoms with Crippen LogP contribution >= 0.6 is 0 Å². The summed E-state index contributed by atoms with van der Waals surface area (Å²) < 4.78 is 31.7. The molecule has 0 radical (unpaired) electrons. The largest absolute Gasteiger partial charge is 0.490 e. The van der Waals surface area contributed by atoms with Crippen LogP contribution in [0.25, 0.3) is 0 Å². The Kier molecular flexibility index (Phi) is 3.65. The van der Waals surface area contributed by atoms with Crippen molar-refractivity contribution in [1.29, 1.82) is 0 Å². The van der Waals surface area contributed by atoms with Gasteiger partial charge in [0.1, 0.15) is 0 Å². The molecule has 1 atom stereocenters. The number of hydrogen-bond donors (Lipinski definition) is 3. The van der Waals surface area contributed by atoms with Crippen LogP contribution in [0.1, 0.15) is 19.8 Å². The number of aliphatic carboxylic acids is 1. The van der Waals surface area contributed by atoms with Crippen molar-refractivity contribution in [2.24, 2.45) is 0 Å². The molecule has 1 saturated heterocycles. The van der Waals surface area contributed by atoms with Gasteiger partial charge < -0.3 is 15.7 Å². The summed E-state index contributed by atoms with van der Waals surface area (Å²) in [6, 6.07) is 0.00576. The molecule has 2 aliphatic rings. The van der Waals surface area contributed by atoms with Gasteiger partial charge in [-0.15, -0.1) is 0 Å². The molecule has 2 rings (SSSR count). The molecule has 17 heavy (non-hydrogen) atoms. The predicted octanol–water partition coefficient (Wildman–Crippen LogP) is 0.260. The first-order valence-corrected chi connectivity index (χ1v) is 5.02. The summed E-state index contributed by atoms with van der Waals surface area (Å²) in [5, 5.41) is 13.3. The van der Waals surface area contributed by atoms with Crippen LogP contribution in [-0.4, -0.2) is 41.3 Å². The Balaban J connectivity index is 0.000000185. The topological polar surface area (TPSA) is 78.4 Å². The minimum Gasteiger partial charge on any atom is -0.475 e. The maximum absolute atomic E-state index is 11.1. The van der Waals surface area contributed by atoms with E-state index >= 15 is 0 Å². The molecule has 1 aliphatic carbocycles. The molecule has 1 amide bonds. The average molecular weight is 254 g/mol. The fourth-order valence-electron chi connectivity index (χ4n) is 1.31. The van der Waals surface area contributed by atoms with Gasteiger partial charge in [-0.05, 0) is 19.8 Å². The highest BCUT2D eigenvalue weighted by atomic mass is 19.4. The van der Waals surface area contributed by atoms with Gasteiger partial charge in [-0.25, -0.2) is 4.79 Å². The highest BCUT2D eigenvalue weighted by Crippen LogP contribution is 2.35. The molecule has 0 bridgehead atoms. The van der Waals surface area contributed by atoms with Gasteiger partial charge in [0, 0.05) is 6.54 Å². The minimum absolute atomic E-state index is 0.00576. The van der Waals surface area contributed by atoms with Crippen molar-refractivity contribution in [3.63, 3.8) is 0 Å². The molecule has 1 saturated carbocycles. The van der Waals surface area contributed by atoms with Gasteiger partial charge in [-0.1, -0.05) is 0 Å². The number of carbonyl (C=O) groups is 2. The second-order valence-electron chi connectivity index (χ2n) is 4.18. The normalized spacial score (nSPS) is 25.6. The number of alkyl halides is 3. The highest BCUT2D eigenvalue weighted by Gasteiger charge is 2.47. The van der Waals surface area contributed by atoms with Gasteiger partial charge in [0.05, 0.1) is 11.6 Å². The number of rotatable bonds is 0. The number of halogens is 3. The van der Waals surface area contributed by atoms with Crippen molar-refractivity contribution in [1.82, 2.24) is 10.6 Å². The Morgan fingerprint density at radius 1 is 1.47 bits per heavy atom. The molecule has 2 fully saturated rings. The van der Waals surface area contributed by atoms with Gasteiger partial charge in [0.15, 0.2) is 0 Å². The Morgan fingerprint density at radius 3 is 2.24 bits per heavy atom. The van der Waals surface area contributed by atoms with E-state index in [1.165, 1.54) is 0 Å². The molecule has 3 N–H and O–H groups in total. The van der Waals surface area contributed by atoms with E-state index in [1.807, 2.05) is 6.92 Å². The Bertz CT molecular complexity index is 326. The fraction of sp³-hybridized carbons (Fsp3) is 0.778. The minimum atomic E-state index is -5.08. The molecule has 5 nitrogen and oxygen atoms in total. The zero-order chi connectivity index (χ0) is 13.3. The Morgan fingerprint density at radius 2 is 1.94 bits per heavy atom. The molecule has 0 aromatic rings. The maximum atomic E-state index is 11.1. The molecule has 1 aliphatic heterocycles. The lowest BCUT2D eigenvalue weighted by Gasteiger charge is -2.28. The average Bonchev–Trinajstić information content (AvgIpc) is 2.92. The van der Waals surface area contributed by atoms with Crippen molar-refractivity contribution in [3.8, 4) is 0 Å². The van der Waals surface area contributed by atoms with Crippen molar-refractivity contribution in [3.05, 3.63) is 0 Å². The third-order valence-electron chi connectivity index (χ3n) is 2.62. The van der Waals surface area contributed by atoms with Crippen LogP contribution in [0.5, 0.6) is 0 Å². The maximum Gasteiger partial charge on any atom is 0.490 e. The van der Waals surface area contributed by atoms with E-state index in [-0.39, 0.29) is 17.5 Å². The van der Waals surface area contributed by atoms with Gasteiger partial charge in [-0.3, -0.25) is 4.79 Å². The third-order valence-corrected chi connectivity index (χ3v) is 2.62. The van der Waals surface area contributed by atoms with Crippen molar-refractivity contribution in [2.75, 3.05) is 6.54 Å². The lowest BCUT2D eigenvalue weighted by atomic mass is 10.1. The summed E-state index contributed by atoms with van der Waals surface area (Å²) in [5.41, 5.74) is 0.170. The molecule has 0 aromatic carbocycles. The number of piperazine rings is 1. The third kappa shape index (κ3) is 3.88. The summed E-state index contributed by atoms with van der Waals surface area (Å²) in [7, 11) is 0. The van der Waals surface area contributed by atoms with Crippen LogP contribution in [0.2, 0.25) is 0 Å². The van der Waals surface area contributed by atoms with E-state index in [0.717, 1.165) is 19.4 Å². The molecular formula is C9H13F3N2O3. The summed E-state index contributed by atoms with van der Waals surface area (Å²) in [5.74, 6) is -2.60. The van der Waals surface area contributed by atoms with E-state index < -0.39 is 12.1 Å². The first kappa shape index (κ1) is 13.8. The smallest absolute Gasteiger partial charge is 0.475 e. The summed E-state index contributed by atoms with van der Waals surface area (Å²) >= 11 is 0. The van der Waals surface area contributed by atoms with Crippen LogP contribution in [0.4, 0.5) is 13.2 Å². The Hall–Kier alpha value is -1.31. The SMILES string of the molecule is CC1NCC2(CC2)NC1=O.O=C(O)C(F)(F)F. The molecule has 1 unspecified atom stereocenters. The second kappa shape index (κ2) is 4.52. The molecule has 0 aromatic heterocycles. The van der Waals surface area contributed by atoms with Crippen molar-refractivity contribution in [2.45, 2.75) is 37.5 Å².